The van der Waals surface area contributed by atoms with Crippen LogP contribution in [-0.4, -0.2) is 43.6 Å². The predicted octanol–water partition coefficient (Wildman–Crippen LogP) is 2.59. The Bertz CT molecular complexity index is 608. The first kappa shape index (κ1) is 21.9. The van der Waals surface area contributed by atoms with E-state index in [9.17, 15) is 9.59 Å². The quantitative estimate of drug-likeness (QED) is 0.450. The Morgan fingerprint density at radius 3 is 2.31 bits per heavy atom. The lowest BCUT2D eigenvalue weighted by molar-refractivity contribution is -0.120. The summed E-state index contributed by atoms with van der Waals surface area (Å²) in [6.45, 7) is 7.96. The second-order valence-electron chi connectivity index (χ2n) is 6.11. The van der Waals surface area contributed by atoms with Crippen molar-refractivity contribution in [2.24, 2.45) is 0 Å². The number of benzene rings is 1. The molecule has 7 nitrogen and oxygen atoms in total. The lowest BCUT2D eigenvalue weighted by Crippen LogP contribution is -2.42. The SMILES string of the molecule is COc1cc([C@H](C)NC(=O)NCCNC(=O)[C@@H](C)Cl)ccc1OC(C)C. The van der Waals surface area contributed by atoms with Gasteiger partial charge in [0, 0.05) is 13.1 Å². The van der Waals surface area contributed by atoms with Crippen LogP contribution < -0.4 is 25.4 Å². The zero-order chi connectivity index (χ0) is 19.7. The standard InChI is InChI=1S/C18H28ClN3O4/c1-11(2)26-15-7-6-14(10-16(15)25-5)13(4)22-18(24)21-9-8-20-17(23)12(3)19/h6-7,10-13H,8-9H2,1-5H3,(H,20,23)(H2,21,22,24)/t12-,13+/m1/s1. The van der Waals surface area contributed by atoms with Gasteiger partial charge in [0.1, 0.15) is 5.38 Å². The summed E-state index contributed by atoms with van der Waals surface area (Å²) < 4.78 is 11.0. The van der Waals surface area contributed by atoms with Gasteiger partial charge in [0.15, 0.2) is 11.5 Å². The molecule has 0 unspecified atom stereocenters. The van der Waals surface area contributed by atoms with Gasteiger partial charge in [0.05, 0.1) is 19.3 Å². The number of carbonyl (C=O) groups excluding carboxylic acids is 2. The molecule has 0 heterocycles. The van der Waals surface area contributed by atoms with Crippen molar-refractivity contribution in [1.29, 1.82) is 0 Å². The molecule has 0 aliphatic rings. The van der Waals surface area contributed by atoms with E-state index in [1.807, 2.05) is 39.0 Å². The number of amides is 3. The van der Waals surface area contributed by atoms with Crippen molar-refractivity contribution < 1.29 is 19.1 Å². The molecule has 0 aliphatic heterocycles. The van der Waals surface area contributed by atoms with E-state index in [0.717, 1.165) is 5.56 Å². The Kier molecular flexibility index (Phi) is 9.05. The van der Waals surface area contributed by atoms with Gasteiger partial charge in [-0.2, -0.15) is 0 Å². The van der Waals surface area contributed by atoms with Crippen LogP contribution in [0.15, 0.2) is 18.2 Å². The Labute approximate surface area is 159 Å². The number of nitrogens with one attached hydrogen (secondary N) is 3. The normalized spacial score (nSPS) is 12.9. The molecule has 0 spiro atoms. The lowest BCUT2D eigenvalue weighted by Gasteiger charge is -2.18. The third-order valence-corrected chi connectivity index (χ3v) is 3.67. The van der Waals surface area contributed by atoms with Crippen LogP contribution in [0.25, 0.3) is 0 Å². The van der Waals surface area contributed by atoms with E-state index in [0.29, 0.717) is 24.6 Å². The maximum atomic E-state index is 12.0. The van der Waals surface area contributed by atoms with Crippen LogP contribution >= 0.6 is 11.6 Å². The van der Waals surface area contributed by atoms with E-state index in [-0.39, 0.29) is 24.1 Å². The second-order valence-corrected chi connectivity index (χ2v) is 6.76. The number of carbonyl (C=O) groups is 2. The molecule has 0 fully saturated rings. The van der Waals surface area contributed by atoms with Gasteiger partial charge in [0.2, 0.25) is 5.91 Å². The molecule has 1 aromatic carbocycles. The van der Waals surface area contributed by atoms with Crippen LogP contribution in [0, 0.1) is 0 Å². The highest BCUT2D eigenvalue weighted by Crippen LogP contribution is 2.31. The van der Waals surface area contributed by atoms with Gasteiger partial charge in [-0.05, 0) is 45.4 Å². The summed E-state index contributed by atoms with van der Waals surface area (Å²) in [4.78, 5) is 23.3. The maximum absolute atomic E-state index is 12.0. The smallest absolute Gasteiger partial charge is 0.315 e. The summed E-state index contributed by atoms with van der Waals surface area (Å²) in [6, 6.07) is 4.99. The zero-order valence-corrected chi connectivity index (χ0v) is 16.6. The van der Waals surface area contributed by atoms with E-state index in [1.54, 1.807) is 14.0 Å². The van der Waals surface area contributed by atoms with E-state index in [4.69, 9.17) is 21.1 Å². The molecule has 26 heavy (non-hydrogen) atoms. The van der Waals surface area contributed by atoms with Crippen molar-refractivity contribution in [3.63, 3.8) is 0 Å². The average molecular weight is 386 g/mol. The number of ether oxygens (including phenoxy) is 2. The molecule has 0 aliphatic carbocycles. The van der Waals surface area contributed by atoms with Crippen LogP contribution in [0.1, 0.15) is 39.3 Å². The second kappa shape index (κ2) is 10.8. The zero-order valence-electron chi connectivity index (χ0n) is 15.9. The van der Waals surface area contributed by atoms with Gasteiger partial charge < -0.3 is 25.4 Å². The summed E-state index contributed by atoms with van der Waals surface area (Å²) >= 11 is 5.64. The van der Waals surface area contributed by atoms with Crippen LogP contribution in [0.4, 0.5) is 4.79 Å². The first-order valence-corrected chi connectivity index (χ1v) is 8.99. The summed E-state index contributed by atoms with van der Waals surface area (Å²) in [6.07, 6.45) is 0.0401. The number of hydrogen-bond donors (Lipinski definition) is 3. The molecular weight excluding hydrogens is 358 g/mol. The number of methoxy groups -OCH3 is 1. The monoisotopic (exact) mass is 385 g/mol. The lowest BCUT2D eigenvalue weighted by atomic mass is 10.1. The Morgan fingerprint density at radius 1 is 1.08 bits per heavy atom. The molecular formula is C18H28ClN3O4. The van der Waals surface area contributed by atoms with Crippen LogP contribution in [0.3, 0.4) is 0 Å². The number of hydrogen-bond acceptors (Lipinski definition) is 4. The molecule has 0 saturated heterocycles. The van der Waals surface area contributed by atoms with E-state index in [1.165, 1.54) is 0 Å². The first-order chi connectivity index (χ1) is 12.2. The summed E-state index contributed by atoms with van der Waals surface area (Å²) in [7, 11) is 1.58. The number of urea groups is 1. The van der Waals surface area contributed by atoms with Gasteiger partial charge in [-0.15, -0.1) is 11.6 Å². The number of rotatable bonds is 9. The van der Waals surface area contributed by atoms with Crippen LogP contribution in [0.5, 0.6) is 11.5 Å². The Morgan fingerprint density at radius 2 is 1.73 bits per heavy atom. The number of alkyl halides is 1. The summed E-state index contributed by atoms with van der Waals surface area (Å²) in [5.41, 5.74) is 0.886. The van der Waals surface area contributed by atoms with Gasteiger partial charge in [0.25, 0.3) is 0 Å². The maximum Gasteiger partial charge on any atom is 0.315 e. The molecule has 8 heteroatoms. The third kappa shape index (κ3) is 7.39. The summed E-state index contributed by atoms with van der Waals surface area (Å²) in [5, 5.41) is 7.53. The molecule has 146 valence electrons. The van der Waals surface area contributed by atoms with Crippen molar-refractivity contribution >= 4 is 23.5 Å². The highest BCUT2D eigenvalue weighted by molar-refractivity contribution is 6.30. The third-order valence-electron chi connectivity index (χ3n) is 3.47. The Hall–Kier alpha value is -2.15. The number of halogens is 1. The van der Waals surface area contributed by atoms with Gasteiger partial charge >= 0.3 is 6.03 Å². The van der Waals surface area contributed by atoms with Crippen molar-refractivity contribution in [1.82, 2.24) is 16.0 Å². The molecule has 1 rings (SSSR count). The fraction of sp³-hybridized carbons (Fsp3) is 0.556. The van der Waals surface area contributed by atoms with Crippen molar-refractivity contribution in [3.8, 4) is 11.5 Å². The minimum absolute atomic E-state index is 0.0401. The average Bonchev–Trinajstić information content (AvgIpc) is 2.58. The van der Waals surface area contributed by atoms with Crippen LogP contribution in [-0.2, 0) is 4.79 Å². The van der Waals surface area contributed by atoms with Crippen LogP contribution in [0.2, 0.25) is 0 Å². The largest absolute Gasteiger partial charge is 0.493 e. The molecule has 0 bridgehead atoms. The molecule has 1 aromatic rings. The summed E-state index contributed by atoms with van der Waals surface area (Å²) in [5.74, 6) is 1.01. The van der Waals surface area contributed by atoms with Gasteiger partial charge in [-0.1, -0.05) is 6.07 Å². The fourth-order valence-electron chi connectivity index (χ4n) is 2.14. The topological polar surface area (TPSA) is 88.7 Å². The minimum Gasteiger partial charge on any atom is -0.493 e. The van der Waals surface area contributed by atoms with E-state index in [2.05, 4.69) is 16.0 Å². The van der Waals surface area contributed by atoms with Crippen molar-refractivity contribution in [3.05, 3.63) is 23.8 Å². The highest BCUT2D eigenvalue weighted by Gasteiger charge is 2.14. The van der Waals surface area contributed by atoms with E-state index < -0.39 is 5.38 Å². The molecule has 0 saturated carbocycles. The molecule has 0 radical (unpaired) electrons. The van der Waals surface area contributed by atoms with Gasteiger partial charge in [-0.3, -0.25) is 4.79 Å². The van der Waals surface area contributed by atoms with Crippen molar-refractivity contribution in [2.75, 3.05) is 20.2 Å². The molecule has 0 aromatic heterocycles. The Balaban J connectivity index is 2.52. The highest BCUT2D eigenvalue weighted by atomic mass is 35.5. The molecule has 2 atom stereocenters. The molecule has 3 N–H and O–H groups in total. The van der Waals surface area contributed by atoms with Crippen molar-refractivity contribution in [2.45, 2.75) is 45.2 Å². The fourth-order valence-corrected chi connectivity index (χ4v) is 2.22. The molecule has 3 amide bonds. The van der Waals surface area contributed by atoms with Gasteiger partial charge in [-0.25, -0.2) is 4.79 Å². The van der Waals surface area contributed by atoms with E-state index >= 15 is 0 Å². The minimum atomic E-state index is -0.596. The predicted molar refractivity (Wildman–Crippen MR) is 102 cm³/mol. The first-order valence-electron chi connectivity index (χ1n) is 8.55.